The van der Waals surface area contributed by atoms with Crippen molar-refractivity contribution in [3.63, 3.8) is 0 Å². The Morgan fingerprint density at radius 3 is 2.58 bits per heavy atom. The Labute approximate surface area is 154 Å². The third-order valence-electron chi connectivity index (χ3n) is 6.67. The second-order valence-electron chi connectivity index (χ2n) is 7.87. The van der Waals surface area contributed by atoms with Gasteiger partial charge >= 0.3 is 0 Å². The average Bonchev–Trinajstić information content (AvgIpc) is 2.89. The van der Waals surface area contributed by atoms with Gasteiger partial charge in [-0.2, -0.15) is 0 Å². The number of hydrogen-bond donors (Lipinski definition) is 2. The molecule has 3 aliphatic rings. The van der Waals surface area contributed by atoms with Crippen LogP contribution in [0.1, 0.15) is 56.1 Å². The molecule has 2 N–H and O–H groups in total. The molecule has 26 heavy (non-hydrogen) atoms. The average molecular weight is 380 g/mol. The summed E-state index contributed by atoms with van der Waals surface area (Å²) in [5.41, 5.74) is 2.75. The maximum atomic E-state index is 12.3. The van der Waals surface area contributed by atoms with Gasteiger partial charge in [-0.3, -0.25) is 4.79 Å². The minimum atomic E-state index is -4.16. The van der Waals surface area contributed by atoms with Crippen molar-refractivity contribution in [1.29, 1.82) is 0 Å². The smallest absolute Gasteiger partial charge is 0.159 e. The molecule has 144 valence electrons. The number of aryl methyl sites for hydroxylation is 1. The molecule has 0 radical (unpaired) electrons. The standard InChI is InChI=1S/C18H22O2.CH5NO3S/c1-18-9-8-14-13-5-3-12(19)10-11(13)2-4-15(14)16(18)6-7-17(18)20;1-2-6(3,4)5/h3,5,10,14-16,19H,2,4,6-9H2,1H3;2H,1H3,(H,3,4,5)/p-1/t14-,15-,16+,18+;/m1./s1. The number of hydrogen-bond acceptors (Lipinski definition) is 5. The molecule has 1 aromatic rings. The molecule has 1 aromatic carbocycles. The maximum absolute atomic E-state index is 12.3. The Morgan fingerprint density at radius 1 is 1.23 bits per heavy atom. The van der Waals surface area contributed by atoms with E-state index in [0.717, 1.165) is 39.2 Å². The van der Waals surface area contributed by atoms with E-state index in [0.29, 0.717) is 29.3 Å². The molecule has 3 aliphatic carbocycles. The number of rotatable bonds is 1. The second-order valence-corrected chi connectivity index (χ2v) is 9.19. The highest BCUT2D eigenvalue weighted by Crippen LogP contribution is 2.59. The highest BCUT2D eigenvalue weighted by molar-refractivity contribution is 7.83. The third-order valence-corrected chi connectivity index (χ3v) is 7.17. The predicted octanol–water partition coefficient (Wildman–Crippen LogP) is 2.48. The van der Waals surface area contributed by atoms with E-state index >= 15 is 0 Å². The Balaban J connectivity index is 0.000000286. The van der Waals surface area contributed by atoms with Crippen molar-refractivity contribution in [1.82, 2.24) is 4.72 Å². The van der Waals surface area contributed by atoms with E-state index in [4.69, 9.17) is 0 Å². The lowest BCUT2D eigenvalue weighted by atomic mass is 9.55. The van der Waals surface area contributed by atoms with Crippen LogP contribution in [-0.2, 0) is 21.5 Å². The fourth-order valence-electron chi connectivity index (χ4n) is 5.34. The van der Waals surface area contributed by atoms with E-state index in [1.54, 1.807) is 0 Å². The van der Waals surface area contributed by atoms with Crippen molar-refractivity contribution < 1.29 is 22.9 Å². The summed E-state index contributed by atoms with van der Waals surface area (Å²) in [6.45, 7) is 2.22. The van der Waals surface area contributed by atoms with E-state index in [2.05, 4.69) is 13.0 Å². The maximum Gasteiger partial charge on any atom is 0.159 e. The van der Waals surface area contributed by atoms with Crippen molar-refractivity contribution in [2.45, 2.75) is 51.4 Å². The lowest BCUT2D eigenvalue weighted by molar-refractivity contribution is -0.129. The summed E-state index contributed by atoms with van der Waals surface area (Å²) in [5, 5.41) is 9.67. The highest BCUT2D eigenvalue weighted by Gasteiger charge is 2.54. The van der Waals surface area contributed by atoms with Gasteiger partial charge in [0.05, 0.1) is 0 Å². The summed E-state index contributed by atoms with van der Waals surface area (Å²) in [7, 11) is -3.10. The Kier molecular flexibility index (Phi) is 5.16. The Hall–Kier alpha value is -1.44. The zero-order valence-corrected chi connectivity index (χ0v) is 16.0. The molecule has 2 saturated carbocycles. The second kappa shape index (κ2) is 6.94. The molecular weight excluding hydrogens is 354 g/mol. The van der Waals surface area contributed by atoms with Crippen molar-refractivity contribution in [3.8, 4) is 5.75 Å². The van der Waals surface area contributed by atoms with Crippen LogP contribution in [0, 0.1) is 17.3 Å². The van der Waals surface area contributed by atoms with Crippen LogP contribution in [0.25, 0.3) is 0 Å². The summed E-state index contributed by atoms with van der Waals surface area (Å²) in [6, 6.07) is 5.90. The summed E-state index contributed by atoms with van der Waals surface area (Å²) in [5.74, 6) is 2.78. The first-order valence-corrected chi connectivity index (χ1v) is 10.6. The molecule has 2 fully saturated rings. The molecule has 4 rings (SSSR count). The quantitative estimate of drug-likeness (QED) is 0.728. The first-order chi connectivity index (χ1) is 12.2. The van der Waals surface area contributed by atoms with Gasteiger partial charge in [0, 0.05) is 11.8 Å². The molecule has 0 amide bonds. The number of phenolic OH excluding ortho intramolecular Hbond substituents is 1. The highest BCUT2D eigenvalue weighted by atomic mass is 32.2. The fraction of sp³-hybridized carbons (Fsp3) is 0.632. The van der Waals surface area contributed by atoms with E-state index in [-0.39, 0.29) is 5.41 Å². The van der Waals surface area contributed by atoms with Crippen LogP contribution >= 0.6 is 0 Å². The molecule has 6 nitrogen and oxygen atoms in total. The van der Waals surface area contributed by atoms with Gasteiger partial charge in [0.2, 0.25) is 0 Å². The number of fused-ring (bicyclic) bond motifs is 5. The van der Waals surface area contributed by atoms with Crippen molar-refractivity contribution >= 4 is 16.1 Å². The number of carbonyl (C=O) groups is 1. The molecule has 0 bridgehead atoms. The van der Waals surface area contributed by atoms with Crippen molar-refractivity contribution in [2.75, 3.05) is 7.05 Å². The molecule has 0 aromatic heterocycles. The summed E-state index contributed by atoms with van der Waals surface area (Å²) in [4.78, 5) is 12.3. The van der Waals surface area contributed by atoms with Crippen molar-refractivity contribution in [2.24, 2.45) is 17.3 Å². The first kappa shape index (κ1) is 19.3. The number of carbonyl (C=O) groups excluding carboxylic acids is 1. The summed E-state index contributed by atoms with van der Waals surface area (Å²) < 4.78 is 29.5. The Morgan fingerprint density at radius 2 is 1.92 bits per heavy atom. The molecule has 0 spiro atoms. The lowest BCUT2D eigenvalue weighted by Crippen LogP contribution is -2.42. The van der Waals surface area contributed by atoms with Crippen LogP contribution in [-0.4, -0.2) is 30.9 Å². The van der Waals surface area contributed by atoms with Crippen molar-refractivity contribution in [3.05, 3.63) is 29.3 Å². The number of phenols is 1. The fourth-order valence-corrected chi connectivity index (χ4v) is 5.34. The van der Waals surface area contributed by atoms with Gasteiger partial charge in [0.15, 0.2) is 10.3 Å². The van der Waals surface area contributed by atoms with Gasteiger partial charge in [-0.1, -0.05) is 13.0 Å². The zero-order valence-electron chi connectivity index (χ0n) is 15.2. The summed E-state index contributed by atoms with van der Waals surface area (Å²) >= 11 is 0. The molecule has 7 heteroatoms. The normalized spacial score (nSPS) is 32.7. The largest absolute Gasteiger partial charge is 0.735 e. The van der Waals surface area contributed by atoms with E-state index in [9.17, 15) is 22.9 Å². The van der Waals surface area contributed by atoms with Crippen LogP contribution in [0.3, 0.4) is 0 Å². The SMILES string of the molecule is CNS(=O)(=O)[O-].C[C@]12CC[C@@H]3c4ccc(O)cc4CC[C@H]3[C@@H]1CCC2=O. The number of nitrogens with one attached hydrogen (secondary N) is 1. The van der Waals surface area contributed by atoms with Crippen LogP contribution in [0.15, 0.2) is 18.2 Å². The number of Topliss-reactive ketones (excluding diaryl/α,β-unsaturated/α-hetero) is 1. The number of aromatic hydroxyl groups is 1. The van der Waals surface area contributed by atoms with Gasteiger partial charge in [0.1, 0.15) is 11.5 Å². The molecular formula is C19H26NO5S-. The third kappa shape index (κ3) is 3.52. The molecule has 0 aliphatic heterocycles. The van der Waals surface area contributed by atoms with Gasteiger partial charge in [0.25, 0.3) is 0 Å². The monoisotopic (exact) mass is 380 g/mol. The lowest BCUT2D eigenvalue weighted by Gasteiger charge is -2.48. The molecule has 0 saturated heterocycles. The van der Waals surface area contributed by atoms with Crippen LogP contribution in [0.2, 0.25) is 0 Å². The minimum Gasteiger partial charge on any atom is -0.735 e. The Bertz CT molecular complexity index is 806. The molecule has 0 unspecified atom stereocenters. The molecule has 4 atom stereocenters. The van der Waals surface area contributed by atoms with Gasteiger partial charge in [-0.25, -0.2) is 13.1 Å². The predicted molar refractivity (Wildman–Crippen MR) is 96.5 cm³/mol. The number of ketones is 1. The van der Waals surface area contributed by atoms with E-state index in [1.165, 1.54) is 22.3 Å². The van der Waals surface area contributed by atoms with E-state index in [1.807, 2.05) is 12.1 Å². The van der Waals surface area contributed by atoms with Gasteiger partial charge in [-0.15, -0.1) is 0 Å². The van der Waals surface area contributed by atoms with Crippen LogP contribution in [0.4, 0.5) is 0 Å². The van der Waals surface area contributed by atoms with E-state index < -0.39 is 10.3 Å². The van der Waals surface area contributed by atoms with Crippen LogP contribution < -0.4 is 4.72 Å². The van der Waals surface area contributed by atoms with Gasteiger partial charge < -0.3 is 9.66 Å². The zero-order chi connectivity index (χ0) is 19.1. The topological polar surface area (TPSA) is 107 Å². The van der Waals surface area contributed by atoms with Crippen LogP contribution in [0.5, 0.6) is 5.75 Å². The minimum absolute atomic E-state index is 0.0322. The van der Waals surface area contributed by atoms with Gasteiger partial charge in [-0.05, 0) is 80.2 Å². The first-order valence-electron chi connectivity index (χ1n) is 9.15. The molecule has 0 heterocycles. The number of benzene rings is 1. The summed E-state index contributed by atoms with van der Waals surface area (Å²) in [6.07, 6.45) is 6.34.